The molecule has 0 aliphatic carbocycles. The van der Waals surface area contributed by atoms with Gasteiger partial charge in [0.25, 0.3) is 0 Å². The van der Waals surface area contributed by atoms with Crippen LogP contribution in [0.2, 0.25) is 0 Å². The van der Waals surface area contributed by atoms with Gasteiger partial charge in [0.1, 0.15) is 0 Å². The highest BCUT2D eigenvalue weighted by Crippen LogP contribution is 2.26. The van der Waals surface area contributed by atoms with Gasteiger partial charge in [-0.15, -0.1) is 0 Å². The summed E-state index contributed by atoms with van der Waals surface area (Å²) in [5.74, 6) is 0.0241. The van der Waals surface area contributed by atoms with Crippen LogP contribution in [0.15, 0.2) is 22.7 Å². The maximum Gasteiger partial charge on any atom is 0.156 e. The van der Waals surface area contributed by atoms with Crippen LogP contribution in [0.4, 0.5) is 5.69 Å². The van der Waals surface area contributed by atoms with Gasteiger partial charge in [-0.25, -0.2) is 8.42 Å². The third-order valence-electron chi connectivity index (χ3n) is 2.18. The number of rotatable bonds is 3. The zero-order valence-corrected chi connectivity index (χ0v) is 11.1. The van der Waals surface area contributed by atoms with Crippen molar-refractivity contribution in [2.24, 2.45) is 0 Å². The van der Waals surface area contributed by atoms with E-state index in [1.165, 1.54) is 0 Å². The first-order chi connectivity index (χ1) is 6.84. The molecule has 0 unspecified atom stereocenters. The SMILES string of the molecule is CC(C)S(=O)(=O)Cc1cccc(N)c1Br. The molecule has 1 rings (SSSR count). The Balaban J connectivity index is 3.06. The minimum absolute atomic E-state index is 0.0241. The van der Waals surface area contributed by atoms with E-state index in [4.69, 9.17) is 5.73 Å². The van der Waals surface area contributed by atoms with Crippen LogP contribution in [0.25, 0.3) is 0 Å². The van der Waals surface area contributed by atoms with Gasteiger partial charge in [-0.2, -0.15) is 0 Å². The fourth-order valence-corrected chi connectivity index (χ4v) is 2.69. The van der Waals surface area contributed by atoms with E-state index in [-0.39, 0.29) is 11.0 Å². The second-order valence-electron chi connectivity index (χ2n) is 3.68. The van der Waals surface area contributed by atoms with Crippen LogP contribution in [0.1, 0.15) is 19.4 Å². The van der Waals surface area contributed by atoms with Crippen molar-refractivity contribution in [1.82, 2.24) is 0 Å². The number of nitrogen functional groups attached to an aromatic ring is 1. The molecule has 3 nitrogen and oxygen atoms in total. The average Bonchev–Trinajstić information content (AvgIpc) is 2.12. The monoisotopic (exact) mass is 291 g/mol. The van der Waals surface area contributed by atoms with Gasteiger partial charge in [0.15, 0.2) is 9.84 Å². The lowest BCUT2D eigenvalue weighted by Crippen LogP contribution is -2.16. The number of anilines is 1. The normalized spacial score (nSPS) is 12.0. The van der Waals surface area contributed by atoms with E-state index in [0.717, 1.165) is 0 Å². The maximum absolute atomic E-state index is 11.7. The summed E-state index contributed by atoms with van der Waals surface area (Å²) in [4.78, 5) is 0. The molecule has 0 atom stereocenters. The summed E-state index contributed by atoms with van der Waals surface area (Å²) in [5.41, 5.74) is 6.95. The molecule has 0 heterocycles. The number of sulfone groups is 1. The highest BCUT2D eigenvalue weighted by atomic mass is 79.9. The Bertz CT molecular complexity index is 454. The number of hydrogen-bond donors (Lipinski definition) is 1. The van der Waals surface area contributed by atoms with E-state index >= 15 is 0 Å². The smallest absolute Gasteiger partial charge is 0.156 e. The number of benzene rings is 1. The third kappa shape index (κ3) is 2.95. The zero-order valence-electron chi connectivity index (χ0n) is 8.70. The summed E-state index contributed by atoms with van der Waals surface area (Å²) >= 11 is 3.29. The predicted molar refractivity (Wildman–Crippen MR) is 66.3 cm³/mol. The zero-order chi connectivity index (χ0) is 11.6. The van der Waals surface area contributed by atoms with Crippen LogP contribution in [0, 0.1) is 0 Å². The summed E-state index contributed by atoms with van der Waals surface area (Å²) in [7, 11) is -3.08. The Labute approximate surface area is 98.7 Å². The van der Waals surface area contributed by atoms with Crippen LogP contribution >= 0.6 is 15.9 Å². The molecule has 0 fully saturated rings. The topological polar surface area (TPSA) is 60.2 Å². The molecule has 0 radical (unpaired) electrons. The first-order valence-corrected chi connectivity index (χ1v) is 7.10. The molecule has 0 aromatic heterocycles. The second-order valence-corrected chi connectivity index (χ2v) is 7.03. The molecule has 1 aromatic rings. The van der Waals surface area contributed by atoms with Crippen molar-refractivity contribution in [1.29, 1.82) is 0 Å². The standard InChI is InChI=1S/C10H14BrNO2S/c1-7(2)15(13,14)6-8-4-3-5-9(12)10(8)11/h3-5,7H,6,12H2,1-2H3. The van der Waals surface area contributed by atoms with Gasteiger partial charge in [-0.1, -0.05) is 12.1 Å². The summed E-state index contributed by atoms with van der Waals surface area (Å²) < 4.78 is 24.1. The number of halogens is 1. The molecular weight excluding hydrogens is 278 g/mol. The van der Waals surface area contributed by atoms with E-state index < -0.39 is 9.84 Å². The van der Waals surface area contributed by atoms with Gasteiger partial charge in [0.05, 0.1) is 11.0 Å². The minimum Gasteiger partial charge on any atom is -0.398 e. The van der Waals surface area contributed by atoms with Gasteiger partial charge in [-0.3, -0.25) is 0 Å². The fourth-order valence-electron chi connectivity index (χ4n) is 1.09. The van der Waals surface area contributed by atoms with Gasteiger partial charge in [-0.05, 0) is 41.4 Å². The Hall–Kier alpha value is -0.550. The minimum atomic E-state index is -3.08. The van der Waals surface area contributed by atoms with Crippen LogP contribution in [-0.2, 0) is 15.6 Å². The number of nitrogens with two attached hydrogens (primary N) is 1. The van der Waals surface area contributed by atoms with Crippen molar-refractivity contribution in [2.45, 2.75) is 24.9 Å². The molecule has 5 heteroatoms. The van der Waals surface area contributed by atoms with Crippen molar-refractivity contribution in [3.8, 4) is 0 Å². The first-order valence-electron chi connectivity index (χ1n) is 4.59. The van der Waals surface area contributed by atoms with E-state index in [1.807, 2.05) is 0 Å². The Morgan fingerprint density at radius 3 is 2.53 bits per heavy atom. The van der Waals surface area contributed by atoms with Gasteiger partial charge >= 0.3 is 0 Å². The quantitative estimate of drug-likeness (QED) is 0.870. The lowest BCUT2D eigenvalue weighted by molar-refractivity contribution is 0.586. The fraction of sp³-hybridized carbons (Fsp3) is 0.400. The van der Waals surface area contributed by atoms with E-state index in [0.29, 0.717) is 15.7 Å². The predicted octanol–water partition coefficient (Wildman–Crippen LogP) is 2.35. The average molecular weight is 292 g/mol. The number of hydrogen-bond acceptors (Lipinski definition) is 3. The van der Waals surface area contributed by atoms with Crippen LogP contribution in [0.5, 0.6) is 0 Å². The van der Waals surface area contributed by atoms with Crippen molar-refractivity contribution in [2.75, 3.05) is 5.73 Å². The molecule has 0 aliphatic heterocycles. The molecule has 2 N–H and O–H groups in total. The molecule has 0 bridgehead atoms. The van der Waals surface area contributed by atoms with Crippen LogP contribution in [-0.4, -0.2) is 13.7 Å². The lowest BCUT2D eigenvalue weighted by Gasteiger charge is -2.10. The van der Waals surface area contributed by atoms with Crippen molar-refractivity contribution in [3.63, 3.8) is 0 Å². The highest BCUT2D eigenvalue weighted by Gasteiger charge is 2.18. The molecule has 0 saturated heterocycles. The van der Waals surface area contributed by atoms with Crippen molar-refractivity contribution in [3.05, 3.63) is 28.2 Å². The molecular formula is C10H14BrNO2S. The van der Waals surface area contributed by atoms with Gasteiger partial charge in [0, 0.05) is 10.2 Å². The van der Waals surface area contributed by atoms with Gasteiger partial charge < -0.3 is 5.73 Å². The van der Waals surface area contributed by atoms with Crippen molar-refractivity contribution < 1.29 is 8.42 Å². The Kier molecular flexibility index (Phi) is 3.78. The summed E-state index contributed by atoms with van der Waals surface area (Å²) in [5, 5.41) is -0.370. The molecule has 0 amide bonds. The summed E-state index contributed by atoms with van der Waals surface area (Å²) in [6.45, 7) is 3.35. The molecule has 0 saturated carbocycles. The summed E-state index contributed by atoms with van der Waals surface area (Å²) in [6.07, 6.45) is 0. The molecule has 1 aromatic carbocycles. The Morgan fingerprint density at radius 1 is 1.40 bits per heavy atom. The largest absolute Gasteiger partial charge is 0.398 e. The van der Waals surface area contributed by atoms with Crippen molar-refractivity contribution >= 4 is 31.5 Å². The molecule has 0 spiro atoms. The molecule has 15 heavy (non-hydrogen) atoms. The second kappa shape index (κ2) is 4.53. The lowest BCUT2D eigenvalue weighted by atomic mass is 10.2. The maximum atomic E-state index is 11.7. The Morgan fingerprint density at radius 2 is 2.00 bits per heavy atom. The molecule has 0 aliphatic rings. The van der Waals surface area contributed by atoms with E-state index in [2.05, 4.69) is 15.9 Å². The van der Waals surface area contributed by atoms with Crippen LogP contribution in [0.3, 0.4) is 0 Å². The van der Waals surface area contributed by atoms with E-state index in [1.54, 1.807) is 32.0 Å². The first kappa shape index (κ1) is 12.5. The van der Waals surface area contributed by atoms with Gasteiger partial charge in [0.2, 0.25) is 0 Å². The molecule has 84 valence electrons. The van der Waals surface area contributed by atoms with Crippen LogP contribution < -0.4 is 5.73 Å². The van der Waals surface area contributed by atoms with E-state index in [9.17, 15) is 8.42 Å². The third-order valence-corrected chi connectivity index (χ3v) is 5.30. The summed E-state index contributed by atoms with van der Waals surface area (Å²) in [6, 6.07) is 5.25. The highest BCUT2D eigenvalue weighted by molar-refractivity contribution is 9.10.